The number of hydrazine groups is 1. The summed E-state index contributed by atoms with van der Waals surface area (Å²) in [4.78, 5) is 47.3. The van der Waals surface area contributed by atoms with Gasteiger partial charge in [-0.15, -0.1) is 0 Å². The lowest BCUT2D eigenvalue weighted by molar-refractivity contribution is -0.384. The zero-order chi connectivity index (χ0) is 22.4. The van der Waals surface area contributed by atoms with Crippen molar-refractivity contribution >= 4 is 34.0 Å². The zero-order valence-electron chi connectivity index (χ0n) is 16.3. The van der Waals surface area contributed by atoms with E-state index in [1.807, 2.05) is 0 Å². The molecule has 1 heterocycles. The molecule has 31 heavy (non-hydrogen) atoms. The molecule has 0 spiro atoms. The number of nitro groups is 1. The fourth-order valence-electron chi connectivity index (χ4n) is 2.79. The van der Waals surface area contributed by atoms with Gasteiger partial charge in [0.1, 0.15) is 5.69 Å². The van der Waals surface area contributed by atoms with E-state index in [-0.39, 0.29) is 28.0 Å². The number of carbonyl (C=O) groups is 2. The summed E-state index contributed by atoms with van der Waals surface area (Å²) in [5, 5.41) is 20.7. The van der Waals surface area contributed by atoms with Crippen molar-refractivity contribution in [2.45, 2.75) is 0 Å². The standard InChI is InChI=1S/C19H18N6O6/c1-31-9-8-20-14-7-6-11(10-15(14)25(29)30)17(26)22-24-19(28)16-12-4-2-3-5-13(12)18(27)23-21-16/h2-7,10,20H,8-9H2,1H3,(H,22,26)(H,23,27)(H,24,28). The molecule has 12 heteroatoms. The minimum Gasteiger partial charge on any atom is -0.383 e. The van der Waals surface area contributed by atoms with Gasteiger partial charge in [-0.25, -0.2) is 5.10 Å². The highest BCUT2D eigenvalue weighted by atomic mass is 16.6. The van der Waals surface area contributed by atoms with Crippen LogP contribution >= 0.6 is 0 Å². The number of nitrogens with one attached hydrogen (secondary N) is 4. The Kier molecular flexibility index (Phi) is 6.52. The van der Waals surface area contributed by atoms with Crippen molar-refractivity contribution < 1.29 is 19.2 Å². The molecular weight excluding hydrogens is 408 g/mol. The molecule has 0 bridgehead atoms. The number of carbonyl (C=O) groups excluding carboxylic acids is 2. The van der Waals surface area contributed by atoms with Gasteiger partial charge in [-0.3, -0.25) is 35.3 Å². The number of nitrogens with zero attached hydrogens (tertiary/aromatic N) is 2. The minimum absolute atomic E-state index is 0.0384. The Hall–Kier alpha value is -4.32. The van der Waals surface area contributed by atoms with Crippen molar-refractivity contribution in [3.05, 3.63) is 74.2 Å². The number of aromatic amines is 1. The van der Waals surface area contributed by atoms with Crippen LogP contribution in [0.5, 0.6) is 0 Å². The van der Waals surface area contributed by atoms with Crippen LogP contribution in [0, 0.1) is 10.1 Å². The first-order valence-corrected chi connectivity index (χ1v) is 9.01. The molecule has 2 aromatic carbocycles. The lowest BCUT2D eigenvalue weighted by Gasteiger charge is -2.10. The van der Waals surface area contributed by atoms with Crippen LogP contribution < -0.4 is 21.7 Å². The van der Waals surface area contributed by atoms with Crippen molar-refractivity contribution in [1.29, 1.82) is 0 Å². The number of nitro benzene ring substituents is 1. The van der Waals surface area contributed by atoms with Crippen LogP contribution in [0.4, 0.5) is 11.4 Å². The lowest BCUT2D eigenvalue weighted by atomic mass is 10.1. The van der Waals surface area contributed by atoms with E-state index >= 15 is 0 Å². The van der Waals surface area contributed by atoms with Crippen LogP contribution in [0.3, 0.4) is 0 Å². The van der Waals surface area contributed by atoms with Gasteiger partial charge in [-0.1, -0.05) is 18.2 Å². The number of amides is 2. The largest absolute Gasteiger partial charge is 0.383 e. The second-order valence-electron chi connectivity index (χ2n) is 6.26. The summed E-state index contributed by atoms with van der Waals surface area (Å²) in [6.07, 6.45) is 0. The molecule has 3 rings (SSSR count). The first-order chi connectivity index (χ1) is 14.9. The molecule has 160 valence electrons. The first-order valence-electron chi connectivity index (χ1n) is 9.01. The monoisotopic (exact) mass is 426 g/mol. The number of anilines is 1. The van der Waals surface area contributed by atoms with Gasteiger partial charge >= 0.3 is 0 Å². The van der Waals surface area contributed by atoms with E-state index in [0.717, 1.165) is 6.07 Å². The summed E-state index contributed by atoms with van der Waals surface area (Å²) in [6, 6.07) is 10.2. The number of hydrogen-bond donors (Lipinski definition) is 4. The third-order valence-corrected chi connectivity index (χ3v) is 4.28. The molecule has 1 aromatic heterocycles. The van der Waals surface area contributed by atoms with Crippen molar-refractivity contribution in [3.8, 4) is 0 Å². The predicted molar refractivity (Wildman–Crippen MR) is 111 cm³/mol. The van der Waals surface area contributed by atoms with Crippen molar-refractivity contribution in [3.63, 3.8) is 0 Å². The Balaban J connectivity index is 1.74. The lowest BCUT2D eigenvalue weighted by Crippen LogP contribution is -2.42. The van der Waals surface area contributed by atoms with Gasteiger partial charge in [-0.05, 0) is 18.2 Å². The van der Waals surface area contributed by atoms with Gasteiger partial charge in [0.2, 0.25) is 0 Å². The van der Waals surface area contributed by atoms with Crippen LogP contribution in [0.2, 0.25) is 0 Å². The number of H-pyrrole nitrogens is 1. The zero-order valence-corrected chi connectivity index (χ0v) is 16.3. The van der Waals surface area contributed by atoms with E-state index in [2.05, 4.69) is 26.4 Å². The fraction of sp³-hybridized carbons (Fsp3) is 0.158. The molecule has 4 N–H and O–H groups in total. The van der Waals surface area contributed by atoms with E-state index in [4.69, 9.17) is 4.74 Å². The number of hydrogen-bond acceptors (Lipinski definition) is 8. The second kappa shape index (κ2) is 9.45. The number of fused-ring (bicyclic) bond motifs is 1. The summed E-state index contributed by atoms with van der Waals surface area (Å²) in [5.74, 6) is -1.54. The van der Waals surface area contributed by atoms with Crippen molar-refractivity contribution in [2.24, 2.45) is 0 Å². The van der Waals surface area contributed by atoms with Crippen molar-refractivity contribution in [1.82, 2.24) is 21.0 Å². The van der Waals surface area contributed by atoms with Crippen LogP contribution in [-0.2, 0) is 4.74 Å². The maximum atomic E-state index is 12.4. The molecule has 0 radical (unpaired) electrons. The van der Waals surface area contributed by atoms with Crippen LogP contribution in [0.25, 0.3) is 10.8 Å². The Morgan fingerprint density at radius 3 is 2.55 bits per heavy atom. The smallest absolute Gasteiger partial charge is 0.293 e. The highest BCUT2D eigenvalue weighted by Gasteiger charge is 2.19. The molecule has 0 aliphatic rings. The predicted octanol–water partition coefficient (Wildman–Crippen LogP) is 0.964. The maximum absolute atomic E-state index is 12.4. The number of ether oxygens (including phenoxy) is 1. The van der Waals surface area contributed by atoms with Gasteiger partial charge in [0.15, 0.2) is 5.69 Å². The van der Waals surface area contributed by atoms with Crippen LogP contribution in [0.15, 0.2) is 47.3 Å². The van der Waals surface area contributed by atoms with Gasteiger partial charge in [0.25, 0.3) is 23.1 Å². The van der Waals surface area contributed by atoms with E-state index < -0.39 is 22.3 Å². The van der Waals surface area contributed by atoms with Crippen LogP contribution in [0.1, 0.15) is 20.8 Å². The average molecular weight is 426 g/mol. The summed E-state index contributed by atoms with van der Waals surface area (Å²) >= 11 is 0. The average Bonchev–Trinajstić information content (AvgIpc) is 2.78. The quantitative estimate of drug-likeness (QED) is 0.246. The third kappa shape index (κ3) is 4.82. The molecule has 12 nitrogen and oxygen atoms in total. The summed E-state index contributed by atoms with van der Waals surface area (Å²) in [5.41, 5.74) is 3.70. The van der Waals surface area contributed by atoms with E-state index in [0.29, 0.717) is 18.5 Å². The number of benzene rings is 2. The number of rotatable bonds is 7. The molecule has 0 aliphatic carbocycles. The maximum Gasteiger partial charge on any atom is 0.293 e. The minimum atomic E-state index is -0.770. The normalized spacial score (nSPS) is 10.5. The molecule has 2 amide bonds. The Labute approximate surface area is 174 Å². The molecule has 0 saturated carbocycles. The molecule has 0 atom stereocenters. The second-order valence-corrected chi connectivity index (χ2v) is 6.26. The summed E-state index contributed by atoms with van der Waals surface area (Å²) in [6.45, 7) is 0.692. The summed E-state index contributed by atoms with van der Waals surface area (Å²) < 4.78 is 4.89. The Morgan fingerprint density at radius 2 is 1.84 bits per heavy atom. The Bertz CT molecular complexity index is 1210. The molecule has 0 fully saturated rings. The molecular formula is C19H18N6O6. The van der Waals surface area contributed by atoms with Crippen molar-refractivity contribution in [2.75, 3.05) is 25.6 Å². The Morgan fingerprint density at radius 1 is 1.13 bits per heavy atom. The molecule has 0 aliphatic heterocycles. The van der Waals surface area contributed by atoms with E-state index in [1.165, 1.54) is 25.3 Å². The fourth-order valence-corrected chi connectivity index (χ4v) is 2.79. The molecule has 0 unspecified atom stereocenters. The van der Waals surface area contributed by atoms with Gasteiger partial charge in [0, 0.05) is 30.7 Å². The highest BCUT2D eigenvalue weighted by molar-refractivity contribution is 6.06. The third-order valence-electron chi connectivity index (χ3n) is 4.28. The van der Waals surface area contributed by atoms with E-state index in [9.17, 15) is 24.5 Å². The highest BCUT2D eigenvalue weighted by Crippen LogP contribution is 2.25. The van der Waals surface area contributed by atoms with Gasteiger partial charge in [0.05, 0.1) is 16.9 Å². The number of methoxy groups -OCH3 is 1. The topological polar surface area (TPSA) is 168 Å². The number of aromatic nitrogens is 2. The van der Waals surface area contributed by atoms with Gasteiger partial charge < -0.3 is 10.1 Å². The van der Waals surface area contributed by atoms with Gasteiger partial charge in [-0.2, -0.15) is 5.10 Å². The molecule has 3 aromatic rings. The first kappa shape index (κ1) is 21.4. The van der Waals surface area contributed by atoms with Crippen LogP contribution in [-0.4, -0.2) is 47.2 Å². The SMILES string of the molecule is COCCNc1ccc(C(=O)NNC(=O)c2n[nH]c(=O)c3ccccc23)cc1[N+](=O)[O-]. The molecule has 0 saturated heterocycles. The summed E-state index contributed by atoms with van der Waals surface area (Å²) in [7, 11) is 1.50. The van der Waals surface area contributed by atoms with E-state index in [1.54, 1.807) is 18.2 Å².